The van der Waals surface area contributed by atoms with Gasteiger partial charge in [-0.1, -0.05) is 11.6 Å². The summed E-state index contributed by atoms with van der Waals surface area (Å²) in [6.45, 7) is 0.638. The summed E-state index contributed by atoms with van der Waals surface area (Å²) in [5.41, 5.74) is -0.707. The molecule has 0 spiro atoms. The second-order valence-electron chi connectivity index (χ2n) is 4.38. The van der Waals surface area contributed by atoms with Gasteiger partial charge in [-0.05, 0) is 31.4 Å². The highest BCUT2D eigenvalue weighted by molar-refractivity contribution is 7.16. The minimum Gasteiger partial charge on any atom is -0.344 e. The molecule has 0 atom stereocenters. The highest BCUT2D eigenvalue weighted by Gasteiger charge is 2.51. The van der Waals surface area contributed by atoms with Gasteiger partial charge >= 0.3 is 0 Å². The van der Waals surface area contributed by atoms with Gasteiger partial charge in [-0.15, -0.1) is 11.3 Å². The van der Waals surface area contributed by atoms with Crippen LogP contribution in [0.1, 0.15) is 17.7 Å². The van der Waals surface area contributed by atoms with Crippen LogP contribution < -0.4 is 0 Å². The second kappa shape index (κ2) is 4.67. The lowest BCUT2D eigenvalue weighted by molar-refractivity contribution is -0.133. The van der Waals surface area contributed by atoms with E-state index >= 15 is 0 Å². The van der Waals surface area contributed by atoms with Crippen LogP contribution in [-0.2, 0) is 11.2 Å². The monoisotopic (exact) mass is 268 g/mol. The molecule has 0 saturated heterocycles. The Morgan fingerprint density at radius 2 is 2.35 bits per heavy atom. The average molecular weight is 269 g/mol. The predicted octanol–water partition coefficient (Wildman–Crippen LogP) is 2.71. The first-order valence-electron chi connectivity index (χ1n) is 5.48. The van der Waals surface area contributed by atoms with E-state index in [0.29, 0.717) is 19.4 Å². The van der Waals surface area contributed by atoms with Crippen molar-refractivity contribution >= 4 is 28.8 Å². The van der Waals surface area contributed by atoms with Crippen molar-refractivity contribution in [2.24, 2.45) is 5.41 Å². The molecule has 1 aliphatic carbocycles. The van der Waals surface area contributed by atoms with Gasteiger partial charge in [0.15, 0.2) is 0 Å². The van der Waals surface area contributed by atoms with Crippen molar-refractivity contribution in [3.63, 3.8) is 0 Å². The molecular formula is C12H13ClN2OS. The average Bonchev–Trinajstić information content (AvgIpc) is 3.03. The number of nitriles is 1. The molecule has 0 N–H and O–H groups in total. The molecule has 0 bridgehead atoms. The molecule has 1 fully saturated rings. The number of rotatable bonds is 4. The molecule has 17 heavy (non-hydrogen) atoms. The van der Waals surface area contributed by atoms with Crippen LogP contribution >= 0.6 is 22.9 Å². The molecule has 0 aromatic carbocycles. The lowest BCUT2D eigenvalue weighted by Gasteiger charge is -2.19. The number of nitrogens with zero attached hydrogens (tertiary/aromatic N) is 2. The van der Waals surface area contributed by atoms with E-state index in [1.54, 1.807) is 11.9 Å². The molecule has 1 heterocycles. The molecule has 1 aromatic heterocycles. The van der Waals surface area contributed by atoms with Gasteiger partial charge in [0.1, 0.15) is 5.41 Å². The van der Waals surface area contributed by atoms with Crippen molar-refractivity contribution in [3.05, 3.63) is 21.3 Å². The normalized spacial score (nSPS) is 16.3. The number of likely N-dealkylation sites (N-methyl/N-ethyl adjacent to an activating group) is 1. The molecule has 5 heteroatoms. The largest absolute Gasteiger partial charge is 0.344 e. The Balaban J connectivity index is 1.88. The maximum atomic E-state index is 12.0. The third-order valence-electron chi connectivity index (χ3n) is 3.04. The highest BCUT2D eigenvalue weighted by atomic mass is 35.5. The molecule has 0 aliphatic heterocycles. The first kappa shape index (κ1) is 12.4. The molecule has 1 aromatic rings. The molecule has 1 aliphatic rings. The zero-order valence-electron chi connectivity index (χ0n) is 9.57. The molecule has 0 radical (unpaired) electrons. The van der Waals surface area contributed by atoms with Crippen LogP contribution in [-0.4, -0.2) is 24.4 Å². The van der Waals surface area contributed by atoms with E-state index in [1.807, 2.05) is 12.1 Å². The van der Waals surface area contributed by atoms with E-state index in [9.17, 15) is 4.79 Å². The van der Waals surface area contributed by atoms with Crippen LogP contribution in [0.5, 0.6) is 0 Å². The Kier molecular flexibility index (Phi) is 3.41. The summed E-state index contributed by atoms with van der Waals surface area (Å²) in [6, 6.07) is 5.96. The van der Waals surface area contributed by atoms with E-state index in [4.69, 9.17) is 16.9 Å². The van der Waals surface area contributed by atoms with Gasteiger partial charge < -0.3 is 4.90 Å². The number of thiophene rings is 1. The number of hydrogen-bond donors (Lipinski definition) is 0. The third kappa shape index (κ3) is 2.62. The van der Waals surface area contributed by atoms with E-state index in [1.165, 1.54) is 11.3 Å². The summed E-state index contributed by atoms with van der Waals surface area (Å²) in [6.07, 6.45) is 2.20. The van der Waals surface area contributed by atoms with E-state index in [0.717, 1.165) is 15.6 Å². The zero-order chi connectivity index (χ0) is 12.5. The standard InChI is InChI=1S/C12H13ClN2OS/c1-15(11(16)12(8-14)5-6-12)7-4-9-2-3-10(13)17-9/h2-3H,4-7H2,1H3. The molecule has 2 rings (SSSR count). The van der Waals surface area contributed by atoms with Gasteiger partial charge in [-0.2, -0.15) is 5.26 Å². The van der Waals surface area contributed by atoms with Gasteiger partial charge in [-0.3, -0.25) is 4.79 Å². The van der Waals surface area contributed by atoms with E-state index in [-0.39, 0.29) is 5.91 Å². The third-order valence-corrected chi connectivity index (χ3v) is 4.33. The summed E-state index contributed by atoms with van der Waals surface area (Å²) in [5, 5.41) is 8.95. The van der Waals surface area contributed by atoms with Gasteiger partial charge in [-0.25, -0.2) is 0 Å². The van der Waals surface area contributed by atoms with Gasteiger partial charge in [0.2, 0.25) is 5.91 Å². The van der Waals surface area contributed by atoms with Crippen LogP contribution in [0.25, 0.3) is 0 Å². The lowest BCUT2D eigenvalue weighted by Crippen LogP contribution is -2.34. The Morgan fingerprint density at radius 1 is 1.65 bits per heavy atom. The van der Waals surface area contributed by atoms with Crippen molar-refractivity contribution in [2.45, 2.75) is 19.3 Å². The fraction of sp³-hybridized carbons (Fsp3) is 0.500. The fourth-order valence-corrected chi connectivity index (χ4v) is 2.81. The minimum atomic E-state index is -0.707. The Labute approximate surface area is 110 Å². The number of halogens is 1. The van der Waals surface area contributed by atoms with E-state index in [2.05, 4.69) is 6.07 Å². The van der Waals surface area contributed by atoms with Crippen LogP contribution in [0.15, 0.2) is 12.1 Å². The summed E-state index contributed by atoms with van der Waals surface area (Å²) in [4.78, 5) is 14.8. The Bertz CT molecular complexity index is 473. The second-order valence-corrected chi connectivity index (χ2v) is 6.18. The Morgan fingerprint density at radius 3 is 2.82 bits per heavy atom. The van der Waals surface area contributed by atoms with Gasteiger partial charge in [0.25, 0.3) is 0 Å². The summed E-state index contributed by atoms with van der Waals surface area (Å²) < 4.78 is 0.768. The summed E-state index contributed by atoms with van der Waals surface area (Å²) in [5.74, 6) is -0.0392. The Hall–Kier alpha value is -1.05. The van der Waals surface area contributed by atoms with Gasteiger partial charge in [0.05, 0.1) is 10.4 Å². The quantitative estimate of drug-likeness (QED) is 0.843. The number of amides is 1. The lowest BCUT2D eigenvalue weighted by atomic mass is 10.1. The molecule has 90 valence electrons. The maximum absolute atomic E-state index is 12.0. The fourth-order valence-electron chi connectivity index (χ4n) is 1.73. The molecule has 3 nitrogen and oxygen atoms in total. The SMILES string of the molecule is CN(CCc1ccc(Cl)s1)C(=O)C1(C#N)CC1. The van der Waals surface area contributed by atoms with Gasteiger partial charge in [0, 0.05) is 18.5 Å². The van der Waals surface area contributed by atoms with E-state index < -0.39 is 5.41 Å². The summed E-state index contributed by atoms with van der Waals surface area (Å²) >= 11 is 7.37. The van der Waals surface area contributed by atoms with Crippen molar-refractivity contribution in [2.75, 3.05) is 13.6 Å². The van der Waals surface area contributed by atoms with Crippen LogP contribution in [0.2, 0.25) is 4.34 Å². The smallest absolute Gasteiger partial charge is 0.242 e. The summed E-state index contributed by atoms with van der Waals surface area (Å²) in [7, 11) is 1.76. The first-order chi connectivity index (χ1) is 8.07. The van der Waals surface area contributed by atoms with Crippen LogP contribution in [0, 0.1) is 16.7 Å². The maximum Gasteiger partial charge on any atom is 0.242 e. The zero-order valence-corrected chi connectivity index (χ0v) is 11.1. The molecular weight excluding hydrogens is 256 g/mol. The first-order valence-corrected chi connectivity index (χ1v) is 6.68. The van der Waals surface area contributed by atoms with Crippen LogP contribution in [0.4, 0.5) is 0 Å². The van der Waals surface area contributed by atoms with Crippen LogP contribution in [0.3, 0.4) is 0 Å². The number of hydrogen-bond acceptors (Lipinski definition) is 3. The van der Waals surface area contributed by atoms with Crippen molar-refractivity contribution < 1.29 is 4.79 Å². The minimum absolute atomic E-state index is 0.0392. The number of carbonyl (C=O) groups is 1. The highest BCUT2D eigenvalue weighted by Crippen LogP contribution is 2.46. The topological polar surface area (TPSA) is 44.1 Å². The molecule has 0 unspecified atom stereocenters. The van der Waals surface area contributed by atoms with Crippen molar-refractivity contribution in [1.82, 2.24) is 4.90 Å². The predicted molar refractivity (Wildman–Crippen MR) is 68.0 cm³/mol. The molecule has 1 amide bonds. The molecule has 1 saturated carbocycles. The van der Waals surface area contributed by atoms with Crippen molar-refractivity contribution in [1.29, 1.82) is 5.26 Å². The number of carbonyl (C=O) groups excluding carboxylic acids is 1. The van der Waals surface area contributed by atoms with Crippen molar-refractivity contribution in [3.8, 4) is 6.07 Å².